The van der Waals surface area contributed by atoms with Gasteiger partial charge in [0.15, 0.2) is 0 Å². The Balaban J connectivity index is 3.27. The van der Waals surface area contributed by atoms with Crippen LogP contribution in [0.1, 0.15) is 26.7 Å². The highest BCUT2D eigenvalue weighted by Gasteiger charge is 2.00. The van der Waals surface area contributed by atoms with Gasteiger partial charge in [-0.25, -0.2) is 0 Å². The van der Waals surface area contributed by atoms with Crippen molar-refractivity contribution in [2.45, 2.75) is 32.8 Å². The molecule has 0 aliphatic rings. The van der Waals surface area contributed by atoms with Crippen LogP contribution in [-0.4, -0.2) is 37.7 Å². The SMILES string of the molecule is CCCC(C)OCNCN(CN)CN. The highest BCUT2D eigenvalue weighted by Crippen LogP contribution is 1.98. The van der Waals surface area contributed by atoms with E-state index in [4.69, 9.17) is 16.2 Å². The molecule has 0 saturated heterocycles. The first kappa shape index (κ1) is 13.8. The molecule has 14 heavy (non-hydrogen) atoms. The maximum atomic E-state index is 5.50. The molecule has 1 unspecified atom stereocenters. The molecule has 0 amide bonds. The highest BCUT2D eigenvalue weighted by atomic mass is 16.5. The van der Waals surface area contributed by atoms with E-state index in [0.29, 0.717) is 32.8 Å². The van der Waals surface area contributed by atoms with Gasteiger partial charge in [0.05, 0.1) is 19.5 Å². The van der Waals surface area contributed by atoms with E-state index < -0.39 is 0 Å². The van der Waals surface area contributed by atoms with Crippen molar-refractivity contribution < 1.29 is 4.74 Å². The van der Waals surface area contributed by atoms with E-state index in [1.807, 2.05) is 4.90 Å². The van der Waals surface area contributed by atoms with E-state index in [1.54, 1.807) is 0 Å². The first-order valence-corrected chi connectivity index (χ1v) is 5.19. The zero-order chi connectivity index (χ0) is 10.8. The van der Waals surface area contributed by atoms with Gasteiger partial charge in [-0.3, -0.25) is 10.2 Å². The standard InChI is InChI=1S/C9H24N4O/c1-3-4-9(2)14-8-12-7-13(5-10)6-11/h9,12H,3-8,10-11H2,1-2H3. The van der Waals surface area contributed by atoms with Crippen molar-refractivity contribution in [3.05, 3.63) is 0 Å². The van der Waals surface area contributed by atoms with Crippen LogP contribution in [0, 0.1) is 0 Å². The number of nitrogens with two attached hydrogens (primary N) is 2. The molecular formula is C9H24N4O. The topological polar surface area (TPSA) is 76.5 Å². The van der Waals surface area contributed by atoms with E-state index in [-0.39, 0.29) is 0 Å². The van der Waals surface area contributed by atoms with Gasteiger partial charge >= 0.3 is 0 Å². The molecule has 0 radical (unpaired) electrons. The lowest BCUT2D eigenvalue weighted by atomic mass is 10.2. The lowest BCUT2D eigenvalue weighted by Crippen LogP contribution is -2.42. The Labute approximate surface area is 86.8 Å². The molecule has 1 atom stereocenters. The van der Waals surface area contributed by atoms with Crippen molar-refractivity contribution in [1.82, 2.24) is 10.2 Å². The second-order valence-electron chi connectivity index (χ2n) is 3.35. The molecule has 0 rings (SSSR count). The molecule has 86 valence electrons. The minimum absolute atomic E-state index is 0.316. The fourth-order valence-electron chi connectivity index (χ4n) is 1.10. The minimum Gasteiger partial charge on any atom is -0.363 e. The summed E-state index contributed by atoms with van der Waals surface area (Å²) in [6.07, 6.45) is 2.56. The maximum absolute atomic E-state index is 5.50. The fourth-order valence-corrected chi connectivity index (χ4v) is 1.10. The number of nitrogens with zero attached hydrogens (tertiary/aromatic N) is 1. The Bertz CT molecular complexity index is 119. The van der Waals surface area contributed by atoms with Crippen LogP contribution in [0.4, 0.5) is 0 Å². The van der Waals surface area contributed by atoms with E-state index in [2.05, 4.69) is 19.2 Å². The summed E-state index contributed by atoms with van der Waals surface area (Å²) in [5.74, 6) is 0. The van der Waals surface area contributed by atoms with E-state index in [1.165, 1.54) is 0 Å². The van der Waals surface area contributed by atoms with Crippen molar-refractivity contribution in [2.75, 3.05) is 26.7 Å². The van der Waals surface area contributed by atoms with E-state index in [0.717, 1.165) is 12.8 Å². The molecule has 0 fully saturated rings. The molecular weight excluding hydrogens is 180 g/mol. The third kappa shape index (κ3) is 7.23. The maximum Gasteiger partial charge on any atom is 0.0978 e. The minimum atomic E-state index is 0.316. The molecule has 5 N–H and O–H groups in total. The van der Waals surface area contributed by atoms with Crippen molar-refractivity contribution in [3.63, 3.8) is 0 Å². The van der Waals surface area contributed by atoms with Crippen molar-refractivity contribution >= 4 is 0 Å². The summed E-state index contributed by atoms with van der Waals surface area (Å²) < 4.78 is 5.50. The molecule has 0 aromatic heterocycles. The monoisotopic (exact) mass is 204 g/mol. The molecule has 5 nitrogen and oxygen atoms in total. The van der Waals surface area contributed by atoms with Gasteiger partial charge in [-0.15, -0.1) is 0 Å². The zero-order valence-corrected chi connectivity index (χ0v) is 9.33. The normalized spacial score (nSPS) is 13.5. The van der Waals surface area contributed by atoms with Crippen molar-refractivity contribution in [1.29, 1.82) is 0 Å². The van der Waals surface area contributed by atoms with Crippen molar-refractivity contribution in [3.8, 4) is 0 Å². The van der Waals surface area contributed by atoms with Crippen LogP contribution in [0.15, 0.2) is 0 Å². The van der Waals surface area contributed by atoms with Crippen LogP contribution < -0.4 is 16.8 Å². The smallest absolute Gasteiger partial charge is 0.0978 e. The second kappa shape index (κ2) is 9.36. The van der Waals surface area contributed by atoms with Gasteiger partial charge in [0.25, 0.3) is 0 Å². The van der Waals surface area contributed by atoms with Gasteiger partial charge in [-0.05, 0) is 13.3 Å². The summed E-state index contributed by atoms with van der Waals surface area (Å²) in [5, 5.41) is 3.12. The van der Waals surface area contributed by atoms with Crippen molar-refractivity contribution in [2.24, 2.45) is 11.5 Å². The molecule has 0 aromatic rings. The van der Waals surface area contributed by atoms with Gasteiger partial charge in [0, 0.05) is 13.3 Å². The van der Waals surface area contributed by atoms with Gasteiger partial charge in [-0.1, -0.05) is 13.3 Å². The molecule has 0 spiro atoms. The third-order valence-corrected chi connectivity index (χ3v) is 2.02. The van der Waals surface area contributed by atoms with Crippen LogP contribution in [0.25, 0.3) is 0 Å². The molecule has 0 aromatic carbocycles. The third-order valence-electron chi connectivity index (χ3n) is 2.02. The Morgan fingerprint density at radius 2 is 2.00 bits per heavy atom. The van der Waals surface area contributed by atoms with Crippen LogP contribution >= 0.6 is 0 Å². The first-order chi connectivity index (χ1) is 6.74. The number of ether oxygens (including phenoxy) is 1. The Kier molecular flexibility index (Phi) is 9.23. The lowest BCUT2D eigenvalue weighted by Gasteiger charge is -2.19. The zero-order valence-electron chi connectivity index (χ0n) is 9.33. The average Bonchev–Trinajstić information content (AvgIpc) is 2.19. The molecule has 0 aliphatic heterocycles. The summed E-state index contributed by atoms with van der Waals surface area (Å²) in [7, 11) is 0. The number of nitrogens with one attached hydrogen (secondary N) is 1. The molecule has 5 heteroatoms. The molecule has 0 bridgehead atoms. The summed E-state index contributed by atoms with van der Waals surface area (Å²) in [6, 6.07) is 0. The predicted molar refractivity (Wildman–Crippen MR) is 58.3 cm³/mol. The Morgan fingerprint density at radius 3 is 2.50 bits per heavy atom. The van der Waals surface area contributed by atoms with Crippen LogP contribution in [0.2, 0.25) is 0 Å². The Hall–Kier alpha value is -0.200. The van der Waals surface area contributed by atoms with Gasteiger partial charge < -0.3 is 16.2 Å². The fraction of sp³-hybridized carbons (Fsp3) is 1.00. The molecule has 0 aliphatic carbocycles. The van der Waals surface area contributed by atoms with Crippen LogP contribution in [-0.2, 0) is 4.74 Å². The number of rotatable bonds is 9. The second-order valence-corrected chi connectivity index (χ2v) is 3.35. The first-order valence-electron chi connectivity index (χ1n) is 5.19. The summed E-state index contributed by atoms with van der Waals surface area (Å²) in [6.45, 7) is 6.39. The summed E-state index contributed by atoms with van der Waals surface area (Å²) in [5.41, 5.74) is 10.9. The number of hydrogen-bond acceptors (Lipinski definition) is 5. The summed E-state index contributed by atoms with van der Waals surface area (Å²) in [4.78, 5) is 1.88. The summed E-state index contributed by atoms with van der Waals surface area (Å²) >= 11 is 0. The highest BCUT2D eigenvalue weighted by molar-refractivity contribution is 4.49. The van der Waals surface area contributed by atoms with Crippen LogP contribution in [0.3, 0.4) is 0 Å². The number of hydrogen-bond donors (Lipinski definition) is 3. The predicted octanol–water partition coefficient (Wildman–Crippen LogP) is -0.169. The van der Waals surface area contributed by atoms with E-state index >= 15 is 0 Å². The quantitative estimate of drug-likeness (QED) is 0.359. The average molecular weight is 204 g/mol. The van der Waals surface area contributed by atoms with Crippen LogP contribution in [0.5, 0.6) is 0 Å². The molecule has 0 saturated carbocycles. The van der Waals surface area contributed by atoms with E-state index in [9.17, 15) is 0 Å². The largest absolute Gasteiger partial charge is 0.363 e. The van der Waals surface area contributed by atoms with Gasteiger partial charge in [0.1, 0.15) is 0 Å². The lowest BCUT2D eigenvalue weighted by molar-refractivity contribution is 0.0388. The van der Waals surface area contributed by atoms with Gasteiger partial charge in [0.2, 0.25) is 0 Å². The van der Waals surface area contributed by atoms with Gasteiger partial charge in [-0.2, -0.15) is 0 Å². The Morgan fingerprint density at radius 1 is 1.36 bits per heavy atom. The molecule has 0 heterocycles.